The molecule has 0 nitrogen and oxygen atoms in total. The molecule has 0 aliphatic heterocycles. The van der Waals surface area contributed by atoms with Gasteiger partial charge < -0.3 is 0 Å². The standard InChI is InChI=1S/Cl2HSi.Pb.H/c1-3-2;;/h3H;;. The molecule has 0 atom stereocenters. The topological polar surface area (TPSA) is 0 Å². The summed E-state index contributed by atoms with van der Waals surface area (Å²) < 4.78 is 0. The maximum absolute atomic E-state index is 4.85. The Morgan fingerprint density at radius 3 is 1.25 bits per heavy atom. The van der Waals surface area contributed by atoms with Crippen molar-refractivity contribution in [3.05, 3.63) is 0 Å². The Labute approximate surface area is 57.2 Å². The number of hydrogen-bond acceptors (Lipinski definition) is 0. The molecule has 0 saturated heterocycles. The van der Waals surface area contributed by atoms with Crippen LogP contribution in [-0.2, 0) is 0 Å². The number of halogens is 2. The van der Waals surface area contributed by atoms with Crippen molar-refractivity contribution in [2.45, 2.75) is 0 Å². The van der Waals surface area contributed by atoms with Crippen LogP contribution in [0.1, 0.15) is 0 Å². The molecule has 4 radical (unpaired) electrons. The maximum atomic E-state index is 4.85. The van der Waals surface area contributed by atoms with E-state index in [0.29, 0.717) is 0 Å². The van der Waals surface area contributed by atoms with Gasteiger partial charge in [0.1, 0.15) is 0 Å². The van der Waals surface area contributed by atoms with Crippen LogP contribution in [0.3, 0.4) is 0 Å². The molecule has 0 aromatic rings. The number of hydrogen-bond donors (Lipinski definition) is 0. The normalized spacial score (nSPS) is 4.50. The van der Waals surface area contributed by atoms with Gasteiger partial charge in [0.2, 0.25) is 0 Å². The molecular weight excluding hydrogens is 306 g/mol. The molecule has 0 fully saturated rings. The van der Waals surface area contributed by atoms with E-state index >= 15 is 0 Å². The molecule has 0 aromatic carbocycles. The Balaban J connectivity index is 0. The van der Waals surface area contributed by atoms with Gasteiger partial charge in [0.15, 0.2) is 0 Å². The van der Waals surface area contributed by atoms with Crippen LogP contribution in [-0.4, -0.2) is 35.4 Å². The third kappa shape index (κ3) is 9.30. The van der Waals surface area contributed by atoms with Crippen molar-refractivity contribution in [1.29, 1.82) is 0 Å². The molecule has 0 N–H and O–H groups in total. The first kappa shape index (κ1) is 9.21. The molecule has 0 unspecified atom stereocenters. The monoisotopic (exact) mass is 308 g/mol. The summed E-state index contributed by atoms with van der Waals surface area (Å²) in [6, 6.07) is 0. The van der Waals surface area contributed by atoms with E-state index in [-0.39, 0.29) is 35.4 Å². The molecule has 0 saturated carbocycles. The predicted molar refractivity (Wildman–Crippen MR) is 26.0 cm³/mol. The summed E-state index contributed by atoms with van der Waals surface area (Å²) in [5.41, 5.74) is 0. The molecule has 0 rings (SSSR count). The summed E-state index contributed by atoms with van der Waals surface area (Å²) >= 11 is 9.69. The molecule has 4 heavy (non-hydrogen) atoms. The van der Waals surface area contributed by atoms with Crippen molar-refractivity contribution in [2.75, 3.05) is 0 Å². The third-order valence-electron chi connectivity index (χ3n) is 0. The van der Waals surface area contributed by atoms with Crippen LogP contribution in [0.25, 0.3) is 0 Å². The summed E-state index contributed by atoms with van der Waals surface area (Å²) in [5.74, 6) is 0. The predicted octanol–water partition coefficient (Wildman–Crippen LogP) is 0.0820. The van der Waals surface area contributed by atoms with Crippen molar-refractivity contribution >= 4 is 57.6 Å². The van der Waals surface area contributed by atoms with E-state index in [2.05, 4.69) is 0 Å². The average molecular weight is 308 g/mol. The van der Waals surface area contributed by atoms with Crippen LogP contribution in [0, 0.1) is 0 Å². The van der Waals surface area contributed by atoms with E-state index in [0.717, 1.165) is 0 Å². The summed E-state index contributed by atoms with van der Waals surface area (Å²) in [7, 11) is -0.306. The second-order valence-electron chi connectivity index (χ2n) is 0.0825. The van der Waals surface area contributed by atoms with Gasteiger partial charge >= 0.3 is 27.3 Å². The summed E-state index contributed by atoms with van der Waals surface area (Å²) in [5, 5.41) is 0. The summed E-state index contributed by atoms with van der Waals surface area (Å²) in [6.07, 6.45) is 0. The fraction of sp³-hybridized carbons (Fsp3) is 0. The van der Waals surface area contributed by atoms with E-state index in [9.17, 15) is 0 Å². The zero-order valence-corrected chi connectivity index (χ0v) is 9.07. The first-order chi connectivity index (χ1) is 1.41. The van der Waals surface area contributed by atoms with Crippen molar-refractivity contribution in [3.63, 3.8) is 0 Å². The van der Waals surface area contributed by atoms with Crippen LogP contribution >= 0.6 is 22.2 Å². The Kier molecular flexibility index (Phi) is 20.3. The van der Waals surface area contributed by atoms with Crippen molar-refractivity contribution in [1.82, 2.24) is 0 Å². The zero-order chi connectivity index (χ0) is 2.71. The van der Waals surface area contributed by atoms with Gasteiger partial charge in [0.25, 0.3) is 8.14 Å². The fourth-order valence-corrected chi connectivity index (χ4v) is 0. The Morgan fingerprint density at radius 2 is 1.25 bits per heavy atom. The molecule has 4 heteroatoms. The van der Waals surface area contributed by atoms with Crippen LogP contribution < -0.4 is 0 Å². The van der Waals surface area contributed by atoms with Crippen LogP contribution in [0.2, 0.25) is 0 Å². The van der Waals surface area contributed by atoms with Crippen LogP contribution in [0.4, 0.5) is 0 Å². The Morgan fingerprint density at radius 1 is 1.25 bits per heavy atom. The molecule has 0 bridgehead atoms. The Bertz CT molecular complexity index is 6.00. The van der Waals surface area contributed by atoms with E-state index in [4.69, 9.17) is 22.2 Å². The summed E-state index contributed by atoms with van der Waals surface area (Å²) in [4.78, 5) is 0. The van der Waals surface area contributed by atoms with Crippen molar-refractivity contribution in [2.24, 2.45) is 0 Å². The zero-order valence-electron chi connectivity index (χ0n) is 1.91. The van der Waals surface area contributed by atoms with Gasteiger partial charge in [-0.2, -0.15) is 22.2 Å². The van der Waals surface area contributed by atoms with Crippen LogP contribution in [0.15, 0.2) is 0 Å². The van der Waals surface area contributed by atoms with Gasteiger partial charge in [0.05, 0.1) is 0 Å². The van der Waals surface area contributed by atoms with E-state index in [1.165, 1.54) is 0 Å². The first-order valence-corrected chi connectivity index (χ1v) is 3.93. The molecule has 0 heterocycles. The molecule has 24 valence electrons. The molecule has 0 aliphatic rings. The fourth-order valence-electron chi connectivity index (χ4n) is 0. The number of rotatable bonds is 0. The summed E-state index contributed by atoms with van der Waals surface area (Å²) in [6.45, 7) is 0. The van der Waals surface area contributed by atoms with Gasteiger partial charge in [-0.15, -0.1) is 0 Å². The van der Waals surface area contributed by atoms with Crippen molar-refractivity contribution < 1.29 is 0 Å². The van der Waals surface area contributed by atoms with Gasteiger partial charge in [-0.1, -0.05) is 0 Å². The molecular formula is H2Cl2PbSi. The molecule has 0 aliphatic carbocycles. The van der Waals surface area contributed by atoms with Crippen LogP contribution in [0.5, 0.6) is 0 Å². The minimum atomic E-state index is -0.306. The average Bonchev–Trinajstić information content (AvgIpc) is 0.918. The molecule has 0 amide bonds. The Hall–Kier alpha value is 1.72. The van der Waals surface area contributed by atoms with Gasteiger partial charge in [-0.25, -0.2) is 0 Å². The molecule has 0 aromatic heterocycles. The minimum absolute atomic E-state index is 0. The van der Waals surface area contributed by atoms with Crippen molar-refractivity contribution in [3.8, 4) is 0 Å². The SMILES string of the molecule is Cl[SiH]Cl.[PbH]. The first-order valence-electron chi connectivity index (χ1n) is 0.436. The second-order valence-corrected chi connectivity index (χ2v) is 2.23. The second kappa shape index (κ2) is 8.83. The molecule has 0 spiro atoms. The van der Waals surface area contributed by atoms with E-state index in [1.54, 1.807) is 0 Å². The van der Waals surface area contributed by atoms with Gasteiger partial charge in [-0.3, -0.25) is 0 Å². The van der Waals surface area contributed by atoms with E-state index in [1.807, 2.05) is 0 Å². The van der Waals surface area contributed by atoms with Gasteiger partial charge in [0, 0.05) is 0 Å². The third-order valence-corrected chi connectivity index (χ3v) is 0. The van der Waals surface area contributed by atoms with E-state index < -0.39 is 0 Å². The van der Waals surface area contributed by atoms with Gasteiger partial charge in [-0.05, 0) is 0 Å². The quantitative estimate of drug-likeness (QED) is 0.439.